The van der Waals surface area contributed by atoms with Gasteiger partial charge in [0.2, 0.25) is 5.82 Å². The molecule has 0 bridgehead atoms. The highest BCUT2D eigenvalue weighted by Crippen LogP contribution is 2.33. The molecule has 1 N–H and O–H groups in total. The van der Waals surface area contributed by atoms with Crippen molar-refractivity contribution in [2.75, 3.05) is 31.0 Å². The summed E-state index contributed by atoms with van der Waals surface area (Å²) in [5.41, 5.74) is 0.821. The first kappa shape index (κ1) is 22.1. The van der Waals surface area contributed by atoms with E-state index >= 15 is 0 Å². The van der Waals surface area contributed by atoms with Crippen LogP contribution < -0.4 is 4.72 Å². The number of Topliss-reactive ketones (excluding diaryl/α,β-unsaturated/α-hetero) is 1. The molecule has 2 aromatic heterocycles. The number of carbonyl (C=O) groups excluding carboxylic acids is 2. The summed E-state index contributed by atoms with van der Waals surface area (Å²) in [7, 11) is -3.89. The van der Waals surface area contributed by atoms with Crippen molar-refractivity contribution in [3.8, 4) is 10.7 Å². The number of thiophene rings is 1. The maximum absolute atomic E-state index is 12.9. The van der Waals surface area contributed by atoms with Crippen LogP contribution >= 0.6 is 11.3 Å². The van der Waals surface area contributed by atoms with Crippen LogP contribution in [-0.2, 0) is 14.8 Å². The van der Waals surface area contributed by atoms with E-state index in [0.717, 1.165) is 0 Å². The summed E-state index contributed by atoms with van der Waals surface area (Å²) < 4.78 is 38.6. The Kier molecular flexibility index (Phi) is 6.09. The number of ether oxygens (including phenoxy) is 1. The summed E-state index contributed by atoms with van der Waals surface area (Å²) in [4.78, 5) is 30.7. The van der Waals surface area contributed by atoms with Crippen molar-refractivity contribution >= 4 is 38.7 Å². The number of hydrogen-bond donors (Lipinski definition) is 1. The monoisotopic (exact) mass is 476 g/mol. The summed E-state index contributed by atoms with van der Waals surface area (Å²) >= 11 is 1.18. The van der Waals surface area contributed by atoms with Crippen LogP contribution in [0.3, 0.4) is 0 Å². The minimum absolute atomic E-state index is 0.0685. The molecule has 1 saturated heterocycles. The number of sulfonamides is 1. The number of nitrogens with one attached hydrogen (secondary N) is 1. The second-order valence-corrected chi connectivity index (χ2v) is 10.0. The number of rotatable bonds is 6. The van der Waals surface area contributed by atoms with E-state index in [1.54, 1.807) is 24.0 Å². The van der Waals surface area contributed by atoms with Crippen molar-refractivity contribution in [3.63, 3.8) is 0 Å². The van der Waals surface area contributed by atoms with E-state index in [1.165, 1.54) is 36.5 Å². The predicted molar refractivity (Wildman–Crippen MR) is 116 cm³/mol. The van der Waals surface area contributed by atoms with Gasteiger partial charge in [-0.3, -0.25) is 14.3 Å². The highest BCUT2D eigenvalue weighted by molar-refractivity contribution is 7.93. The van der Waals surface area contributed by atoms with Gasteiger partial charge in [-0.2, -0.15) is 4.98 Å². The summed E-state index contributed by atoms with van der Waals surface area (Å²) in [6.07, 6.45) is 0. The molecule has 1 aliphatic rings. The van der Waals surface area contributed by atoms with Crippen molar-refractivity contribution in [2.24, 2.45) is 0 Å². The van der Waals surface area contributed by atoms with Crippen LogP contribution in [0.1, 0.15) is 32.8 Å². The second kappa shape index (κ2) is 8.81. The van der Waals surface area contributed by atoms with Gasteiger partial charge in [0, 0.05) is 29.2 Å². The van der Waals surface area contributed by atoms with Crippen molar-refractivity contribution in [3.05, 3.63) is 46.7 Å². The molecule has 32 heavy (non-hydrogen) atoms. The Morgan fingerprint density at radius 2 is 1.84 bits per heavy atom. The van der Waals surface area contributed by atoms with E-state index in [9.17, 15) is 18.0 Å². The molecule has 0 aliphatic carbocycles. The number of benzene rings is 1. The number of anilines is 1. The van der Waals surface area contributed by atoms with Crippen LogP contribution in [-0.4, -0.2) is 61.5 Å². The summed E-state index contributed by atoms with van der Waals surface area (Å²) in [6.45, 7) is 4.88. The molecule has 0 atom stereocenters. The molecular weight excluding hydrogens is 456 g/mol. The van der Waals surface area contributed by atoms with E-state index in [1.807, 2.05) is 0 Å². The van der Waals surface area contributed by atoms with Crippen molar-refractivity contribution in [1.82, 2.24) is 15.0 Å². The highest BCUT2D eigenvalue weighted by Gasteiger charge is 2.26. The highest BCUT2D eigenvalue weighted by atomic mass is 32.2. The van der Waals surface area contributed by atoms with Crippen molar-refractivity contribution in [1.29, 1.82) is 0 Å². The zero-order valence-corrected chi connectivity index (χ0v) is 19.0. The van der Waals surface area contributed by atoms with Gasteiger partial charge in [-0.15, -0.1) is 11.3 Å². The van der Waals surface area contributed by atoms with Gasteiger partial charge in [-0.1, -0.05) is 5.16 Å². The number of nitrogens with zero attached hydrogens (tertiary/aromatic N) is 3. The maximum Gasteiger partial charge on any atom is 0.316 e. The number of ketones is 1. The predicted octanol–water partition coefficient (Wildman–Crippen LogP) is 2.58. The standard InChI is InChI=1S/C20H20N4O6S2/c1-12(25)14-3-5-15(6-4-14)23-32(27,28)17-11-16(31-13(17)2)18-21-19(30-22-18)20(26)24-7-9-29-10-8-24/h3-6,11,23H,7-10H2,1-2H3. The van der Waals surface area contributed by atoms with Crippen LogP contribution in [0.25, 0.3) is 10.7 Å². The minimum atomic E-state index is -3.89. The average Bonchev–Trinajstić information content (AvgIpc) is 3.41. The van der Waals surface area contributed by atoms with Crippen LogP contribution in [0.2, 0.25) is 0 Å². The molecule has 1 amide bonds. The number of hydrogen-bond acceptors (Lipinski definition) is 9. The van der Waals surface area contributed by atoms with E-state index < -0.39 is 10.0 Å². The lowest BCUT2D eigenvalue weighted by Gasteiger charge is -2.25. The SMILES string of the molecule is CC(=O)c1ccc(NS(=O)(=O)c2cc(-c3noc(C(=O)N4CCOCC4)n3)sc2C)cc1. The molecule has 3 heterocycles. The van der Waals surface area contributed by atoms with Crippen LogP contribution in [0.5, 0.6) is 0 Å². The molecule has 0 saturated carbocycles. The van der Waals surface area contributed by atoms with Crippen LogP contribution in [0, 0.1) is 6.92 Å². The largest absolute Gasteiger partial charge is 0.378 e. The lowest BCUT2D eigenvalue weighted by molar-refractivity contribution is 0.0272. The molecule has 1 aliphatic heterocycles. The van der Waals surface area contributed by atoms with Gasteiger partial charge >= 0.3 is 11.8 Å². The molecule has 0 unspecified atom stereocenters. The van der Waals surface area contributed by atoms with Crippen molar-refractivity contribution < 1.29 is 27.3 Å². The third kappa shape index (κ3) is 4.56. The Morgan fingerprint density at radius 3 is 2.50 bits per heavy atom. The molecule has 12 heteroatoms. The summed E-state index contributed by atoms with van der Waals surface area (Å²) in [6, 6.07) is 7.61. The fourth-order valence-electron chi connectivity index (χ4n) is 3.14. The molecule has 4 rings (SSSR count). The molecule has 3 aromatic rings. The van der Waals surface area contributed by atoms with Gasteiger partial charge in [0.25, 0.3) is 10.0 Å². The number of aryl methyl sites for hydroxylation is 1. The Balaban J connectivity index is 1.54. The van der Waals surface area contributed by atoms with E-state index in [-0.39, 0.29) is 28.3 Å². The zero-order valence-electron chi connectivity index (χ0n) is 17.3. The van der Waals surface area contributed by atoms with Crippen LogP contribution in [0.15, 0.2) is 39.8 Å². The van der Waals surface area contributed by atoms with Gasteiger partial charge in [0.05, 0.1) is 18.1 Å². The molecule has 1 aromatic carbocycles. The number of morpholine rings is 1. The van der Waals surface area contributed by atoms with E-state index in [2.05, 4.69) is 14.9 Å². The lowest BCUT2D eigenvalue weighted by Crippen LogP contribution is -2.40. The molecule has 0 spiro atoms. The topological polar surface area (TPSA) is 132 Å². The van der Waals surface area contributed by atoms with Gasteiger partial charge in [0.15, 0.2) is 5.78 Å². The average molecular weight is 477 g/mol. The normalized spacial score (nSPS) is 14.4. The third-order valence-corrected chi connectivity index (χ3v) is 7.52. The quantitative estimate of drug-likeness (QED) is 0.537. The fraction of sp³-hybridized carbons (Fsp3) is 0.300. The number of aromatic nitrogens is 2. The minimum Gasteiger partial charge on any atom is -0.378 e. The lowest BCUT2D eigenvalue weighted by atomic mass is 10.1. The van der Waals surface area contributed by atoms with Gasteiger partial charge in [-0.05, 0) is 44.2 Å². The third-order valence-electron chi connectivity index (χ3n) is 4.83. The Labute approximate surface area is 188 Å². The first-order chi connectivity index (χ1) is 15.2. The Morgan fingerprint density at radius 1 is 1.16 bits per heavy atom. The molecule has 0 radical (unpaired) electrons. The van der Waals surface area contributed by atoms with Gasteiger partial charge < -0.3 is 14.2 Å². The Bertz CT molecular complexity index is 1260. The van der Waals surface area contributed by atoms with E-state index in [4.69, 9.17) is 9.26 Å². The smallest absolute Gasteiger partial charge is 0.316 e. The molecule has 1 fully saturated rings. The molecule has 168 valence electrons. The fourth-order valence-corrected chi connectivity index (χ4v) is 5.71. The van der Waals surface area contributed by atoms with Gasteiger partial charge in [-0.25, -0.2) is 8.42 Å². The number of carbonyl (C=O) groups is 2. The van der Waals surface area contributed by atoms with Crippen molar-refractivity contribution in [2.45, 2.75) is 18.7 Å². The molecule has 10 nitrogen and oxygen atoms in total. The second-order valence-electron chi connectivity index (χ2n) is 7.10. The van der Waals surface area contributed by atoms with Crippen LogP contribution in [0.4, 0.5) is 5.69 Å². The van der Waals surface area contributed by atoms with E-state index in [0.29, 0.717) is 47.3 Å². The maximum atomic E-state index is 12.9. The number of amides is 1. The summed E-state index contributed by atoms with van der Waals surface area (Å²) in [5.74, 6) is -0.504. The molecular formula is C20H20N4O6S2. The first-order valence-corrected chi connectivity index (χ1v) is 12.0. The summed E-state index contributed by atoms with van der Waals surface area (Å²) in [5, 5.41) is 3.85. The Hall–Kier alpha value is -3.09. The van der Waals surface area contributed by atoms with Gasteiger partial charge in [0.1, 0.15) is 4.90 Å². The zero-order chi connectivity index (χ0) is 22.9. The first-order valence-electron chi connectivity index (χ1n) is 9.70.